The number of hydrogen-bond acceptors (Lipinski definition) is 6. The fourth-order valence-electron chi connectivity index (χ4n) is 4.38. The lowest BCUT2D eigenvalue weighted by atomic mass is 9.99. The van der Waals surface area contributed by atoms with Crippen LogP contribution in [0.4, 0.5) is 4.39 Å². The highest BCUT2D eigenvalue weighted by atomic mass is 19.1. The Kier molecular flexibility index (Phi) is 5.20. The Labute approximate surface area is 184 Å². The lowest BCUT2D eigenvalue weighted by Gasteiger charge is -2.34. The molecule has 1 aromatic carbocycles. The van der Waals surface area contributed by atoms with E-state index in [9.17, 15) is 9.18 Å². The van der Waals surface area contributed by atoms with Crippen molar-refractivity contribution in [1.29, 1.82) is 0 Å². The largest absolute Gasteiger partial charge is 0.443 e. The van der Waals surface area contributed by atoms with Gasteiger partial charge in [-0.15, -0.1) is 0 Å². The van der Waals surface area contributed by atoms with E-state index >= 15 is 0 Å². The van der Waals surface area contributed by atoms with Crippen LogP contribution in [0.3, 0.4) is 0 Å². The molecule has 0 bridgehead atoms. The average molecular weight is 434 g/mol. The quantitative estimate of drug-likeness (QED) is 0.453. The van der Waals surface area contributed by atoms with Gasteiger partial charge in [-0.25, -0.2) is 14.4 Å². The smallest absolute Gasteiger partial charge is 0.258 e. The monoisotopic (exact) mass is 434 g/mol. The SMILES string of the molecule is Cc1cc(C(=O)N2CCCC[C@@H]2c2ncc(Cc3cccc(F)c3)o2)c2c(C)noc2n1. The number of piperidine rings is 1. The van der Waals surface area contributed by atoms with E-state index in [0.29, 0.717) is 52.7 Å². The molecule has 0 N–H and O–H groups in total. The normalized spacial score (nSPS) is 16.6. The molecule has 5 rings (SSSR count). The van der Waals surface area contributed by atoms with E-state index < -0.39 is 0 Å². The molecule has 32 heavy (non-hydrogen) atoms. The Bertz CT molecular complexity index is 1300. The standard InChI is InChI=1S/C24H23FN4O3/c1-14-10-19(21-15(2)28-32-23(21)27-14)24(30)29-9-4-3-8-20(29)22-26-13-18(31-22)12-16-6-5-7-17(25)11-16/h5-7,10-11,13,20H,3-4,8-9,12H2,1-2H3/t20-/m1/s1. The molecule has 1 saturated heterocycles. The summed E-state index contributed by atoms with van der Waals surface area (Å²) in [5, 5.41) is 4.63. The molecule has 0 aliphatic carbocycles. The predicted molar refractivity (Wildman–Crippen MR) is 115 cm³/mol. The van der Waals surface area contributed by atoms with Gasteiger partial charge in [-0.3, -0.25) is 4.79 Å². The number of fused-ring (bicyclic) bond motifs is 1. The number of pyridine rings is 1. The molecule has 1 aliphatic heterocycles. The maximum absolute atomic E-state index is 13.7. The van der Waals surface area contributed by atoms with Gasteiger partial charge in [0.25, 0.3) is 11.6 Å². The highest BCUT2D eigenvalue weighted by molar-refractivity contribution is 6.06. The number of rotatable bonds is 4. The van der Waals surface area contributed by atoms with E-state index in [0.717, 1.165) is 24.8 Å². The van der Waals surface area contributed by atoms with Crippen molar-refractivity contribution in [3.8, 4) is 0 Å². The third-order valence-electron chi connectivity index (χ3n) is 5.86. The van der Waals surface area contributed by atoms with Gasteiger partial charge in [0, 0.05) is 18.7 Å². The second kappa shape index (κ2) is 8.18. The average Bonchev–Trinajstić information content (AvgIpc) is 3.39. The van der Waals surface area contributed by atoms with Crippen LogP contribution in [0.5, 0.6) is 0 Å². The molecule has 4 heterocycles. The number of aryl methyl sites for hydroxylation is 2. The molecular weight excluding hydrogens is 411 g/mol. The van der Waals surface area contributed by atoms with Crippen LogP contribution in [0.1, 0.15) is 64.3 Å². The van der Waals surface area contributed by atoms with E-state index in [1.807, 2.05) is 17.9 Å². The van der Waals surface area contributed by atoms with Crippen molar-refractivity contribution in [3.63, 3.8) is 0 Å². The fraction of sp³-hybridized carbons (Fsp3) is 0.333. The summed E-state index contributed by atoms with van der Waals surface area (Å²) in [6.45, 7) is 4.24. The van der Waals surface area contributed by atoms with Gasteiger partial charge >= 0.3 is 0 Å². The van der Waals surface area contributed by atoms with Gasteiger partial charge in [0.2, 0.25) is 5.89 Å². The Morgan fingerprint density at radius 2 is 2.12 bits per heavy atom. The minimum atomic E-state index is -0.283. The zero-order valence-corrected chi connectivity index (χ0v) is 18.0. The molecular formula is C24H23FN4O3. The van der Waals surface area contributed by atoms with E-state index in [1.165, 1.54) is 12.1 Å². The Hall–Kier alpha value is -3.55. The van der Waals surface area contributed by atoms with Gasteiger partial charge < -0.3 is 13.8 Å². The van der Waals surface area contributed by atoms with Crippen molar-refractivity contribution >= 4 is 17.0 Å². The first-order valence-electron chi connectivity index (χ1n) is 10.7. The number of oxazole rings is 1. The molecule has 1 amide bonds. The molecule has 1 fully saturated rings. The summed E-state index contributed by atoms with van der Waals surface area (Å²) in [7, 11) is 0. The van der Waals surface area contributed by atoms with E-state index in [4.69, 9.17) is 8.94 Å². The summed E-state index contributed by atoms with van der Waals surface area (Å²) in [6.07, 6.45) is 4.76. The number of halogens is 1. The Morgan fingerprint density at radius 1 is 1.25 bits per heavy atom. The van der Waals surface area contributed by atoms with E-state index in [-0.39, 0.29) is 17.8 Å². The molecule has 3 aromatic heterocycles. The van der Waals surface area contributed by atoms with Gasteiger partial charge in [0.15, 0.2) is 0 Å². The Balaban J connectivity index is 1.45. The number of hydrogen-bond donors (Lipinski definition) is 0. The lowest BCUT2D eigenvalue weighted by molar-refractivity contribution is 0.0572. The predicted octanol–water partition coefficient (Wildman–Crippen LogP) is 4.92. The summed E-state index contributed by atoms with van der Waals surface area (Å²) < 4.78 is 24.8. The van der Waals surface area contributed by atoms with Crippen LogP contribution in [0, 0.1) is 19.7 Å². The van der Waals surface area contributed by atoms with Crippen molar-refractivity contribution in [2.75, 3.05) is 6.54 Å². The fourth-order valence-corrected chi connectivity index (χ4v) is 4.38. The van der Waals surface area contributed by atoms with Gasteiger partial charge in [-0.05, 0) is 56.9 Å². The summed E-state index contributed by atoms with van der Waals surface area (Å²) in [5.74, 6) is 0.754. The van der Waals surface area contributed by atoms with Crippen LogP contribution in [0.15, 0.2) is 45.5 Å². The van der Waals surface area contributed by atoms with Crippen LogP contribution in [0.25, 0.3) is 11.1 Å². The molecule has 0 radical (unpaired) electrons. The van der Waals surface area contributed by atoms with Crippen molar-refractivity contribution in [2.45, 2.75) is 45.6 Å². The zero-order chi connectivity index (χ0) is 22.2. The van der Waals surface area contributed by atoms with Crippen LogP contribution in [-0.4, -0.2) is 32.5 Å². The Morgan fingerprint density at radius 3 is 2.97 bits per heavy atom. The van der Waals surface area contributed by atoms with Gasteiger partial charge in [-0.2, -0.15) is 0 Å². The second-order valence-electron chi connectivity index (χ2n) is 8.24. The van der Waals surface area contributed by atoms with Crippen molar-refractivity contribution in [2.24, 2.45) is 0 Å². The summed E-state index contributed by atoms with van der Waals surface area (Å²) in [4.78, 5) is 24.3. The molecule has 1 aliphatic rings. The zero-order valence-electron chi connectivity index (χ0n) is 18.0. The third kappa shape index (κ3) is 3.77. The summed E-state index contributed by atoms with van der Waals surface area (Å²) in [6, 6.07) is 7.94. The highest BCUT2D eigenvalue weighted by Crippen LogP contribution is 2.34. The van der Waals surface area contributed by atoms with Crippen LogP contribution in [0.2, 0.25) is 0 Å². The number of nitrogens with zero attached hydrogens (tertiary/aromatic N) is 4. The van der Waals surface area contributed by atoms with Crippen molar-refractivity contribution in [1.82, 2.24) is 20.0 Å². The number of amides is 1. The number of likely N-dealkylation sites (tertiary alicyclic amines) is 1. The van der Waals surface area contributed by atoms with Gasteiger partial charge in [-0.1, -0.05) is 17.3 Å². The first kappa shape index (κ1) is 20.4. The molecule has 0 unspecified atom stereocenters. The molecule has 0 spiro atoms. The molecule has 8 heteroatoms. The number of benzene rings is 1. The first-order valence-corrected chi connectivity index (χ1v) is 10.7. The van der Waals surface area contributed by atoms with Gasteiger partial charge in [0.05, 0.1) is 22.8 Å². The van der Waals surface area contributed by atoms with Gasteiger partial charge in [0.1, 0.15) is 17.6 Å². The topological polar surface area (TPSA) is 85.3 Å². The molecule has 1 atom stereocenters. The second-order valence-corrected chi connectivity index (χ2v) is 8.24. The van der Waals surface area contributed by atoms with E-state index in [2.05, 4.69) is 15.1 Å². The lowest BCUT2D eigenvalue weighted by Crippen LogP contribution is -2.38. The van der Waals surface area contributed by atoms with Crippen molar-refractivity contribution < 1.29 is 18.1 Å². The molecule has 0 saturated carbocycles. The molecule has 164 valence electrons. The number of carbonyl (C=O) groups is 1. The van der Waals surface area contributed by atoms with Crippen molar-refractivity contribution in [3.05, 3.63) is 76.5 Å². The van der Waals surface area contributed by atoms with Crippen LogP contribution < -0.4 is 0 Å². The maximum atomic E-state index is 13.7. The first-order chi connectivity index (χ1) is 15.5. The minimum absolute atomic E-state index is 0.110. The summed E-state index contributed by atoms with van der Waals surface area (Å²) in [5.41, 5.74) is 3.04. The van der Waals surface area contributed by atoms with E-state index in [1.54, 1.807) is 25.3 Å². The molecule has 7 nitrogen and oxygen atoms in total. The third-order valence-corrected chi connectivity index (χ3v) is 5.86. The summed E-state index contributed by atoms with van der Waals surface area (Å²) >= 11 is 0. The van der Waals surface area contributed by atoms with Crippen LogP contribution in [-0.2, 0) is 6.42 Å². The van der Waals surface area contributed by atoms with Crippen LogP contribution >= 0.6 is 0 Å². The maximum Gasteiger partial charge on any atom is 0.258 e. The highest BCUT2D eigenvalue weighted by Gasteiger charge is 2.33. The minimum Gasteiger partial charge on any atom is -0.443 e. The number of aromatic nitrogens is 3. The number of carbonyl (C=O) groups excluding carboxylic acids is 1. The molecule has 4 aromatic rings.